The molecule has 0 bridgehead atoms. The second kappa shape index (κ2) is 8.68. The lowest BCUT2D eigenvalue weighted by Crippen LogP contribution is -2.48. The fourth-order valence-corrected chi connectivity index (χ4v) is 3.22. The third-order valence-corrected chi connectivity index (χ3v) is 4.45. The van der Waals surface area contributed by atoms with Crippen molar-refractivity contribution in [2.24, 2.45) is 5.92 Å². The molecule has 6 nitrogen and oxygen atoms in total. The summed E-state index contributed by atoms with van der Waals surface area (Å²) in [5, 5.41) is 2.91. The van der Waals surface area contributed by atoms with Gasteiger partial charge in [-0.3, -0.25) is 9.59 Å². The molecule has 1 aliphatic heterocycles. The molecule has 132 valence electrons. The van der Waals surface area contributed by atoms with Crippen molar-refractivity contribution < 1.29 is 19.1 Å². The van der Waals surface area contributed by atoms with Crippen molar-refractivity contribution in [2.75, 3.05) is 33.9 Å². The molecule has 2 rings (SSSR count). The number of rotatable bonds is 7. The van der Waals surface area contributed by atoms with Crippen molar-refractivity contribution in [3.8, 4) is 5.75 Å². The summed E-state index contributed by atoms with van der Waals surface area (Å²) in [6, 6.07) is 7.34. The summed E-state index contributed by atoms with van der Waals surface area (Å²) in [5.74, 6) is 0.566. The van der Waals surface area contributed by atoms with Crippen molar-refractivity contribution in [3.05, 3.63) is 29.8 Å². The molecule has 1 aromatic carbocycles. The molecule has 0 spiro atoms. The number of hydrogen-bond acceptors (Lipinski definition) is 4. The van der Waals surface area contributed by atoms with Gasteiger partial charge in [0.05, 0.1) is 25.7 Å². The zero-order valence-electron chi connectivity index (χ0n) is 14.6. The monoisotopic (exact) mass is 334 g/mol. The zero-order chi connectivity index (χ0) is 17.5. The zero-order valence-corrected chi connectivity index (χ0v) is 14.6. The number of likely N-dealkylation sites (tertiary alicyclic amines) is 1. The Labute approximate surface area is 143 Å². The first kappa shape index (κ1) is 18.3. The van der Waals surface area contributed by atoms with E-state index >= 15 is 0 Å². The lowest BCUT2D eigenvalue weighted by Gasteiger charge is -2.40. The molecular weight excluding hydrogens is 308 g/mol. The standard InChI is InChI=1S/C18H26N2O4/c1-4-20-16(21)10-9-15(18(22)19-11-12-23-2)17(20)13-5-7-14(24-3)8-6-13/h5-8,15,17H,4,9-12H2,1-3H3,(H,19,22)/t15-,17+/m1/s1. The minimum atomic E-state index is -0.257. The van der Waals surface area contributed by atoms with Crippen molar-refractivity contribution in [3.63, 3.8) is 0 Å². The number of nitrogens with zero attached hydrogens (tertiary/aromatic N) is 1. The maximum absolute atomic E-state index is 12.6. The first-order valence-electron chi connectivity index (χ1n) is 8.32. The number of methoxy groups -OCH3 is 2. The van der Waals surface area contributed by atoms with Crippen LogP contribution in [0.3, 0.4) is 0 Å². The summed E-state index contributed by atoms with van der Waals surface area (Å²) in [6.45, 7) is 3.47. The number of nitrogens with one attached hydrogen (secondary N) is 1. The van der Waals surface area contributed by atoms with Crippen LogP contribution in [0.4, 0.5) is 0 Å². The van der Waals surface area contributed by atoms with E-state index < -0.39 is 0 Å². The van der Waals surface area contributed by atoms with E-state index in [0.717, 1.165) is 11.3 Å². The van der Waals surface area contributed by atoms with Crippen LogP contribution in [0.25, 0.3) is 0 Å². The van der Waals surface area contributed by atoms with Gasteiger partial charge >= 0.3 is 0 Å². The third kappa shape index (κ3) is 4.06. The molecule has 6 heteroatoms. The smallest absolute Gasteiger partial charge is 0.225 e. The van der Waals surface area contributed by atoms with E-state index in [-0.39, 0.29) is 23.8 Å². The summed E-state index contributed by atoms with van der Waals surface area (Å²) in [7, 11) is 3.22. The van der Waals surface area contributed by atoms with Crippen LogP contribution >= 0.6 is 0 Å². The fourth-order valence-electron chi connectivity index (χ4n) is 3.22. The van der Waals surface area contributed by atoms with Gasteiger partial charge in [-0.05, 0) is 31.0 Å². The van der Waals surface area contributed by atoms with Gasteiger partial charge in [-0.2, -0.15) is 0 Å². The fraction of sp³-hybridized carbons (Fsp3) is 0.556. The molecule has 0 aliphatic carbocycles. The Balaban J connectivity index is 2.25. The molecule has 1 N–H and O–H groups in total. The first-order valence-corrected chi connectivity index (χ1v) is 8.32. The van der Waals surface area contributed by atoms with Gasteiger partial charge < -0.3 is 19.7 Å². The van der Waals surface area contributed by atoms with Crippen LogP contribution in [0.5, 0.6) is 5.75 Å². The molecule has 1 aromatic rings. The van der Waals surface area contributed by atoms with Crippen molar-refractivity contribution >= 4 is 11.8 Å². The second-order valence-corrected chi connectivity index (χ2v) is 5.83. The van der Waals surface area contributed by atoms with E-state index in [1.54, 1.807) is 19.1 Å². The van der Waals surface area contributed by atoms with E-state index in [0.29, 0.717) is 32.5 Å². The highest BCUT2D eigenvalue weighted by Gasteiger charge is 2.39. The van der Waals surface area contributed by atoms with Gasteiger partial charge in [-0.15, -0.1) is 0 Å². The molecule has 0 aromatic heterocycles. The van der Waals surface area contributed by atoms with Crippen LogP contribution in [0.2, 0.25) is 0 Å². The van der Waals surface area contributed by atoms with Gasteiger partial charge in [-0.1, -0.05) is 12.1 Å². The van der Waals surface area contributed by atoms with Crippen LogP contribution in [0, 0.1) is 5.92 Å². The maximum atomic E-state index is 12.6. The highest BCUT2D eigenvalue weighted by Crippen LogP contribution is 2.37. The largest absolute Gasteiger partial charge is 0.497 e. The Morgan fingerprint density at radius 3 is 2.58 bits per heavy atom. The van der Waals surface area contributed by atoms with Crippen LogP contribution in [0.15, 0.2) is 24.3 Å². The van der Waals surface area contributed by atoms with Gasteiger partial charge in [-0.25, -0.2) is 0 Å². The van der Waals surface area contributed by atoms with Crippen molar-refractivity contribution in [2.45, 2.75) is 25.8 Å². The molecule has 24 heavy (non-hydrogen) atoms. The van der Waals surface area contributed by atoms with E-state index in [1.165, 1.54) is 0 Å². The molecular formula is C18H26N2O4. The number of amides is 2. The SMILES string of the molecule is CCN1C(=O)CC[C@@H](C(=O)NCCOC)[C@@H]1c1ccc(OC)cc1. The average molecular weight is 334 g/mol. The maximum Gasteiger partial charge on any atom is 0.225 e. The Morgan fingerprint density at radius 1 is 1.29 bits per heavy atom. The highest BCUT2D eigenvalue weighted by atomic mass is 16.5. The number of piperidine rings is 1. The molecule has 1 heterocycles. The van der Waals surface area contributed by atoms with Crippen LogP contribution < -0.4 is 10.1 Å². The van der Waals surface area contributed by atoms with Gasteiger partial charge in [0.25, 0.3) is 0 Å². The minimum Gasteiger partial charge on any atom is -0.497 e. The molecule has 0 unspecified atom stereocenters. The Morgan fingerprint density at radius 2 is 2.00 bits per heavy atom. The Kier molecular flexibility index (Phi) is 6.61. The normalized spacial score (nSPS) is 20.8. The number of hydrogen-bond donors (Lipinski definition) is 1. The summed E-state index contributed by atoms with van der Waals surface area (Å²) < 4.78 is 10.2. The van der Waals surface area contributed by atoms with Crippen molar-refractivity contribution in [1.82, 2.24) is 10.2 Å². The Bertz CT molecular complexity index is 559. The lowest BCUT2D eigenvalue weighted by molar-refractivity contribution is -0.143. The van der Waals surface area contributed by atoms with Gasteiger partial charge in [0, 0.05) is 26.6 Å². The molecule has 2 amide bonds. The van der Waals surface area contributed by atoms with Crippen LogP contribution in [-0.2, 0) is 14.3 Å². The second-order valence-electron chi connectivity index (χ2n) is 5.83. The van der Waals surface area contributed by atoms with E-state index in [9.17, 15) is 9.59 Å². The third-order valence-electron chi connectivity index (χ3n) is 4.45. The molecule has 1 fully saturated rings. The number of benzene rings is 1. The molecule has 1 aliphatic rings. The van der Waals surface area contributed by atoms with Crippen molar-refractivity contribution in [1.29, 1.82) is 0 Å². The van der Waals surface area contributed by atoms with E-state index in [2.05, 4.69) is 5.32 Å². The van der Waals surface area contributed by atoms with Crippen LogP contribution in [0.1, 0.15) is 31.4 Å². The number of ether oxygens (including phenoxy) is 2. The minimum absolute atomic E-state index is 0.0289. The summed E-state index contributed by atoms with van der Waals surface area (Å²) >= 11 is 0. The van der Waals surface area contributed by atoms with E-state index in [4.69, 9.17) is 9.47 Å². The predicted molar refractivity (Wildman–Crippen MR) is 90.7 cm³/mol. The molecule has 1 saturated heterocycles. The Hall–Kier alpha value is -2.08. The summed E-state index contributed by atoms with van der Waals surface area (Å²) in [5.41, 5.74) is 0.956. The van der Waals surface area contributed by atoms with Crippen LogP contribution in [-0.4, -0.2) is 50.6 Å². The van der Waals surface area contributed by atoms with Gasteiger partial charge in [0.2, 0.25) is 11.8 Å². The van der Waals surface area contributed by atoms with Gasteiger partial charge in [0.15, 0.2) is 0 Å². The first-order chi connectivity index (χ1) is 11.6. The van der Waals surface area contributed by atoms with Gasteiger partial charge in [0.1, 0.15) is 5.75 Å². The quantitative estimate of drug-likeness (QED) is 0.772. The molecule has 0 radical (unpaired) electrons. The van der Waals surface area contributed by atoms with E-state index in [1.807, 2.05) is 31.2 Å². The number of carbonyl (C=O) groups excluding carboxylic acids is 2. The molecule has 2 atom stereocenters. The average Bonchev–Trinajstić information content (AvgIpc) is 2.61. The number of carbonyl (C=O) groups is 2. The summed E-state index contributed by atoms with van der Waals surface area (Å²) in [4.78, 5) is 26.7. The molecule has 0 saturated carbocycles. The predicted octanol–water partition coefficient (Wildman–Crippen LogP) is 1.76. The topological polar surface area (TPSA) is 67.9 Å². The highest BCUT2D eigenvalue weighted by molar-refractivity contribution is 5.85. The summed E-state index contributed by atoms with van der Waals surface area (Å²) in [6.07, 6.45) is 0.966. The lowest BCUT2D eigenvalue weighted by atomic mass is 9.83.